The van der Waals surface area contributed by atoms with E-state index in [0.29, 0.717) is 22.7 Å². The van der Waals surface area contributed by atoms with Crippen LogP contribution >= 0.6 is 0 Å². The zero-order valence-electron chi connectivity index (χ0n) is 15.4. The monoisotopic (exact) mass is 357 g/mol. The molecule has 1 amide bonds. The highest BCUT2D eigenvalue weighted by Crippen LogP contribution is 2.29. The molecule has 6 nitrogen and oxygen atoms in total. The van der Waals surface area contributed by atoms with E-state index in [4.69, 9.17) is 9.47 Å². The fourth-order valence-corrected chi connectivity index (χ4v) is 2.32. The van der Waals surface area contributed by atoms with Crippen LogP contribution in [-0.4, -0.2) is 32.2 Å². The molecule has 26 heavy (non-hydrogen) atoms. The van der Waals surface area contributed by atoms with Crippen molar-refractivity contribution in [2.75, 3.05) is 19.5 Å². The normalized spacial score (nSPS) is 11.4. The minimum absolute atomic E-state index is 0.284. The van der Waals surface area contributed by atoms with E-state index < -0.39 is 12.1 Å². The molecule has 2 rings (SSSR count). The number of carbonyl (C=O) groups is 2. The van der Waals surface area contributed by atoms with Crippen molar-refractivity contribution < 1.29 is 23.8 Å². The van der Waals surface area contributed by atoms with Crippen LogP contribution in [0.1, 0.15) is 29.8 Å². The first-order valence-electron chi connectivity index (χ1n) is 8.31. The minimum atomic E-state index is -0.751. The predicted molar refractivity (Wildman–Crippen MR) is 98.9 cm³/mol. The highest BCUT2D eigenvalue weighted by molar-refractivity contribution is 5.94. The van der Waals surface area contributed by atoms with Gasteiger partial charge in [-0.05, 0) is 49.2 Å². The number of amides is 1. The van der Waals surface area contributed by atoms with Crippen LogP contribution in [0.4, 0.5) is 5.69 Å². The van der Waals surface area contributed by atoms with Crippen LogP contribution < -0.4 is 14.8 Å². The smallest absolute Gasteiger partial charge is 0.337 e. The first-order valence-corrected chi connectivity index (χ1v) is 8.31. The molecule has 0 radical (unpaired) electrons. The number of nitrogens with one attached hydrogen (secondary N) is 1. The zero-order chi connectivity index (χ0) is 19.1. The second-order valence-corrected chi connectivity index (χ2v) is 5.66. The van der Waals surface area contributed by atoms with Gasteiger partial charge in [-0.2, -0.15) is 0 Å². The summed E-state index contributed by atoms with van der Waals surface area (Å²) in [6.45, 7) is 3.71. The van der Waals surface area contributed by atoms with Gasteiger partial charge in [-0.1, -0.05) is 19.1 Å². The van der Waals surface area contributed by atoms with E-state index >= 15 is 0 Å². The quantitative estimate of drug-likeness (QED) is 0.768. The predicted octanol–water partition coefficient (Wildman–Crippen LogP) is 3.45. The third-order valence-corrected chi connectivity index (χ3v) is 3.89. The highest BCUT2D eigenvalue weighted by Gasteiger charge is 2.18. The molecule has 0 aliphatic heterocycles. The van der Waals surface area contributed by atoms with Gasteiger partial charge in [0.05, 0.1) is 19.8 Å². The fraction of sp³-hybridized carbons (Fsp3) is 0.300. The van der Waals surface area contributed by atoms with Crippen LogP contribution in [0.3, 0.4) is 0 Å². The summed E-state index contributed by atoms with van der Waals surface area (Å²) in [6.07, 6.45) is 0.188. The van der Waals surface area contributed by atoms with Gasteiger partial charge in [-0.15, -0.1) is 0 Å². The largest absolute Gasteiger partial charge is 0.493 e. The lowest BCUT2D eigenvalue weighted by atomic mass is 10.1. The zero-order valence-corrected chi connectivity index (χ0v) is 15.4. The molecule has 0 aromatic heterocycles. The molecule has 0 saturated carbocycles. The average molecular weight is 357 g/mol. The van der Waals surface area contributed by atoms with Gasteiger partial charge in [0, 0.05) is 5.69 Å². The molecule has 2 aromatic rings. The van der Waals surface area contributed by atoms with Gasteiger partial charge in [-0.25, -0.2) is 4.79 Å². The Balaban J connectivity index is 2.06. The van der Waals surface area contributed by atoms with Crippen LogP contribution in [0, 0.1) is 0 Å². The van der Waals surface area contributed by atoms with Crippen molar-refractivity contribution in [2.24, 2.45) is 0 Å². The number of benzene rings is 2. The summed E-state index contributed by atoms with van der Waals surface area (Å²) in [4.78, 5) is 23.9. The second kappa shape index (κ2) is 8.89. The molecule has 0 aliphatic carbocycles. The number of aryl methyl sites for hydroxylation is 1. The summed E-state index contributed by atoms with van der Waals surface area (Å²) < 4.78 is 15.6. The third-order valence-electron chi connectivity index (χ3n) is 3.89. The van der Waals surface area contributed by atoms with E-state index in [1.165, 1.54) is 25.8 Å². The molecular formula is C20H23NO5. The Kier molecular flexibility index (Phi) is 6.60. The van der Waals surface area contributed by atoms with Crippen LogP contribution in [0.5, 0.6) is 11.5 Å². The van der Waals surface area contributed by atoms with Crippen molar-refractivity contribution in [1.82, 2.24) is 0 Å². The van der Waals surface area contributed by atoms with E-state index in [0.717, 1.165) is 6.42 Å². The number of anilines is 1. The molecule has 1 N–H and O–H groups in total. The molecule has 0 fully saturated rings. The Morgan fingerprint density at radius 3 is 2.31 bits per heavy atom. The van der Waals surface area contributed by atoms with Crippen LogP contribution in [-0.2, 0) is 16.0 Å². The van der Waals surface area contributed by atoms with Crippen LogP contribution in [0.2, 0.25) is 0 Å². The van der Waals surface area contributed by atoms with Gasteiger partial charge in [0.1, 0.15) is 0 Å². The molecule has 0 saturated heterocycles. The molecule has 0 heterocycles. The van der Waals surface area contributed by atoms with Gasteiger partial charge in [0.25, 0.3) is 5.91 Å². The molecular weight excluding hydrogens is 334 g/mol. The number of hydrogen-bond acceptors (Lipinski definition) is 5. The van der Waals surface area contributed by atoms with Crippen molar-refractivity contribution in [3.8, 4) is 11.5 Å². The number of hydrogen-bond donors (Lipinski definition) is 1. The van der Waals surface area contributed by atoms with Gasteiger partial charge in [-0.3, -0.25) is 4.79 Å². The topological polar surface area (TPSA) is 73.9 Å². The van der Waals surface area contributed by atoms with Crippen LogP contribution in [0.15, 0.2) is 42.5 Å². The summed E-state index contributed by atoms with van der Waals surface area (Å²) >= 11 is 0. The molecule has 0 aliphatic rings. The molecule has 6 heteroatoms. The summed E-state index contributed by atoms with van der Waals surface area (Å²) in [5.41, 5.74) is 2.24. The highest BCUT2D eigenvalue weighted by atomic mass is 16.5. The average Bonchev–Trinajstić information content (AvgIpc) is 2.68. The molecule has 138 valence electrons. The van der Waals surface area contributed by atoms with Crippen molar-refractivity contribution in [3.05, 3.63) is 53.6 Å². The van der Waals surface area contributed by atoms with Crippen LogP contribution in [0.25, 0.3) is 0 Å². The van der Waals surface area contributed by atoms with Gasteiger partial charge < -0.3 is 19.5 Å². The van der Waals surface area contributed by atoms with Crippen molar-refractivity contribution in [3.63, 3.8) is 0 Å². The Morgan fingerprint density at radius 2 is 1.73 bits per heavy atom. The summed E-state index contributed by atoms with van der Waals surface area (Å²) in [6, 6.07) is 12.3. The lowest BCUT2D eigenvalue weighted by molar-refractivity contribution is -0.122. The molecule has 0 bridgehead atoms. The second-order valence-electron chi connectivity index (χ2n) is 5.66. The lowest BCUT2D eigenvalue weighted by Gasteiger charge is -2.17. The Hall–Kier alpha value is -3.02. The number of carbonyl (C=O) groups excluding carboxylic acids is 2. The maximum Gasteiger partial charge on any atom is 0.337 e. The Bertz CT molecular complexity index is 770. The standard InChI is InChI=1S/C20H23NO5/c1-5-14-6-9-16(10-7-14)21-19(22)13(2)26-17-11-8-15(20(23)25-4)12-18(17)24-3/h6-13H,5H2,1-4H3,(H,21,22)/t13-/m0/s1. The first kappa shape index (κ1) is 19.3. The Morgan fingerprint density at radius 1 is 1.04 bits per heavy atom. The minimum Gasteiger partial charge on any atom is -0.493 e. The van der Waals surface area contributed by atoms with E-state index in [1.54, 1.807) is 19.1 Å². The summed E-state index contributed by atoms with van der Waals surface area (Å²) in [5.74, 6) is -0.0477. The van der Waals surface area contributed by atoms with Gasteiger partial charge in [0.15, 0.2) is 17.6 Å². The maximum absolute atomic E-state index is 12.3. The lowest BCUT2D eigenvalue weighted by Crippen LogP contribution is -2.30. The van der Waals surface area contributed by atoms with E-state index in [9.17, 15) is 9.59 Å². The van der Waals surface area contributed by atoms with E-state index in [1.807, 2.05) is 24.3 Å². The fourth-order valence-electron chi connectivity index (χ4n) is 2.32. The maximum atomic E-state index is 12.3. The number of methoxy groups -OCH3 is 2. The SMILES string of the molecule is CCc1ccc(NC(=O)[C@H](C)Oc2ccc(C(=O)OC)cc2OC)cc1. The molecule has 2 aromatic carbocycles. The summed E-state index contributed by atoms with van der Waals surface area (Å²) in [5, 5.41) is 2.81. The number of ether oxygens (including phenoxy) is 3. The molecule has 0 spiro atoms. The third kappa shape index (κ3) is 4.75. The first-order chi connectivity index (χ1) is 12.5. The van der Waals surface area contributed by atoms with E-state index in [2.05, 4.69) is 17.0 Å². The summed E-state index contributed by atoms with van der Waals surface area (Å²) in [7, 11) is 2.77. The van der Waals surface area contributed by atoms with Gasteiger partial charge >= 0.3 is 5.97 Å². The number of esters is 1. The number of rotatable bonds is 7. The van der Waals surface area contributed by atoms with Gasteiger partial charge in [0.2, 0.25) is 0 Å². The van der Waals surface area contributed by atoms with Crippen molar-refractivity contribution >= 4 is 17.6 Å². The Labute approximate surface area is 153 Å². The van der Waals surface area contributed by atoms with E-state index in [-0.39, 0.29) is 5.91 Å². The van der Waals surface area contributed by atoms with Crippen molar-refractivity contribution in [2.45, 2.75) is 26.4 Å². The molecule has 0 unspecified atom stereocenters. The molecule has 1 atom stereocenters. The van der Waals surface area contributed by atoms with Crippen molar-refractivity contribution in [1.29, 1.82) is 0 Å².